The van der Waals surface area contributed by atoms with Gasteiger partial charge in [0.05, 0.1) is 5.60 Å². The molecule has 0 aliphatic rings. The minimum Gasteiger partial charge on any atom is -0.389 e. The second kappa shape index (κ2) is 5.48. The van der Waals surface area contributed by atoms with E-state index in [0.29, 0.717) is 24.3 Å². The summed E-state index contributed by atoms with van der Waals surface area (Å²) in [4.78, 5) is 13.4. The van der Waals surface area contributed by atoms with E-state index in [1.165, 1.54) is 19.1 Å². The van der Waals surface area contributed by atoms with E-state index in [9.17, 15) is 14.3 Å². The van der Waals surface area contributed by atoms with Crippen LogP contribution in [0.15, 0.2) is 18.2 Å². The van der Waals surface area contributed by atoms with E-state index in [4.69, 9.17) is 0 Å². The maximum Gasteiger partial charge on any atom is 0.161 e. The van der Waals surface area contributed by atoms with Crippen molar-refractivity contribution in [1.29, 1.82) is 0 Å². The van der Waals surface area contributed by atoms with E-state index in [2.05, 4.69) is 0 Å². The summed E-state index contributed by atoms with van der Waals surface area (Å²) >= 11 is 0. The van der Waals surface area contributed by atoms with Crippen LogP contribution in [0.4, 0.5) is 10.1 Å². The number of rotatable bonds is 5. The van der Waals surface area contributed by atoms with Gasteiger partial charge in [-0.3, -0.25) is 4.79 Å². The standard InChI is InChI=1S/C14H20FNO2/c1-5-16(9-14(3,4)18)13-7-6-11(15)8-12(13)10(2)17/h6-8,18H,5,9H2,1-4H3. The van der Waals surface area contributed by atoms with Gasteiger partial charge in [-0.05, 0) is 45.9 Å². The number of hydrogen-bond acceptors (Lipinski definition) is 3. The normalized spacial score (nSPS) is 11.4. The van der Waals surface area contributed by atoms with E-state index < -0.39 is 11.4 Å². The number of likely N-dealkylation sites (N-methyl/N-ethyl adjacent to an activating group) is 1. The second-order valence-corrected chi connectivity index (χ2v) is 5.04. The van der Waals surface area contributed by atoms with Gasteiger partial charge in [0.15, 0.2) is 5.78 Å². The Labute approximate surface area is 107 Å². The Bertz CT molecular complexity index is 438. The van der Waals surface area contributed by atoms with Crippen LogP contribution in [0.25, 0.3) is 0 Å². The summed E-state index contributed by atoms with van der Waals surface area (Å²) in [7, 11) is 0. The lowest BCUT2D eigenvalue weighted by Gasteiger charge is -2.31. The number of halogens is 1. The van der Waals surface area contributed by atoms with E-state index in [1.54, 1.807) is 19.9 Å². The molecule has 18 heavy (non-hydrogen) atoms. The predicted octanol–water partition coefficient (Wildman–Crippen LogP) is 2.63. The molecule has 0 unspecified atom stereocenters. The number of nitrogens with zero attached hydrogens (tertiary/aromatic N) is 1. The number of carbonyl (C=O) groups is 1. The zero-order chi connectivity index (χ0) is 13.9. The van der Waals surface area contributed by atoms with Crippen molar-refractivity contribution >= 4 is 11.5 Å². The zero-order valence-electron chi connectivity index (χ0n) is 11.3. The third kappa shape index (κ3) is 3.81. The summed E-state index contributed by atoms with van der Waals surface area (Å²) in [6.45, 7) is 7.76. The van der Waals surface area contributed by atoms with Crippen molar-refractivity contribution in [1.82, 2.24) is 0 Å². The fraction of sp³-hybridized carbons (Fsp3) is 0.500. The van der Waals surface area contributed by atoms with Crippen LogP contribution in [0, 0.1) is 5.82 Å². The van der Waals surface area contributed by atoms with Gasteiger partial charge in [-0.25, -0.2) is 4.39 Å². The molecular formula is C14H20FNO2. The van der Waals surface area contributed by atoms with Gasteiger partial charge in [0.25, 0.3) is 0 Å². The fourth-order valence-corrected chi connectivity index (χ4v) is 1.90. The summed E-state index contributed by atoms with van der Waals surface area (Å²) in [5.41, 5.74) is 0.132. The highest BCUT2D eigenvalue weighted by atomic mass is 19.1. The molecule has 0 amide bonds. The predicted molar refractivity (Wildman–Crippen MR) is 70.6 cm³/mol. The first-order chi connectivity index (χ1) is 8.24. The lowest BCUT2D eigenvalue weighted by molar-refractivity contribution is 0.0872. The molecule has 0 saturated carbocycles. The van der Waals surface area contributed by atoms with Crippen LogP contribution >= 0.6 is 0 Å². The van der Waals surface area contributed by atoms with E-state index in [0.717, 1.165) is 0 Å². The quantitative estimate of drug-likeness (QED) is 0.820. The Morgan fingerprint density at radius 1 is 1.44 bits per heavy atom. The minimum absolute atomic E-state index is 0.182. The van der Waals surface area contributed by atoms with E-state index in [1.807, 2.05) is 11.8 Å². The van der Waals surface area contributed by atoms with Crippen molar-refractivity contribution in [3.8, 4) is 0 Å². The van der Waals surface area contributed by atoms with Crippen LogP contribution in [-0.2, 0) is 0 Å². The van der Waals surface area contributed by atoms with Crippen LogP contribution in [0.2, 0.25) is 0 Å². The van der Waals surface area contributed by atoms with Crippen molar-refractivity contribution in [3.05, 3.63) is 29.6 Å². The Balaban J connectivity index is 3.17. The lowest BCUT2D eigenvalue weighted by atomic mass is 10.1. The van der Waals surface area contributed by atoms with Crippen molar-refractivity contribution in [3.63, 3.8) is 0 Å². The van der Waals surface area contributed by atoms with Crippen LogP contribution in [0.1, 0.15) is 38.1 Å². The number of anilines is 1. The van der Waals surface area contributed by atoms with Gasteiger partial charge in [-0.2, -0.15) is 0 Å². The first-order valence-corrected chi connectivity index (χ1v) is 6.02. The molecule has 1 aromatic rings. The third-order valence-electron chi connectivity index (χ3n) is 2.64. The monoisotopic (exact) mass is 253 g/mol. The third-order valence-corrected chi connectivity index (χ3v) is 2.64. The van der Waals surface area contributed by atoms with Gasteiger partial charge in [-0.15, -0.1) is 0 Å². The smallest absolute Gasteiger partial charge is 0.161 e. The molecule has 0 aliphatic carbocycles. The Morgan fingerprint density at radius 2 is 2.06 bits per heavy atom. The SMILES string of the molecule is CCN(CC(C)(C)O)c1ccc(F)cc1C(C)=O. The second-order valence-electron chi connectivity index (χ2n) is 5.04. The molecular weight excluding hydrogens is 233 g/mol. The molecule has 0 aromatic heterocycles. The highest BCUT2D eigenvalue weighted by Crippen LogP contribution is 2.23. The first-order valence-electron chi connectivity index (χ1n) is 6.02. The maximum absolute atomic E-state index is 13.2. The van der Waals surface area contributed by atoms with Gasteiger partial charge >= 0.3 is 0 Å². The average Bonchev–Trinajstić information content (AvgIpc) is 2.24. The van der Waals surface area contributed by atoms with Gasteiger partial charge in [-0.1, -0.05) is 0 Å². The maximum atomic E-state index is 13.2. The molecule has 0 atom stereocenters. The van der Waals surface area contributed by atoms with Gasteiger partial charge in [0.1, 0.15) is 5.82 Å². The minimum atomic E-state index is -0.877. The summed E-state index contributed by atoms with van der Waals surface area (Å²) in [6, 6.07) is 4.15. The largest absolute Gasteiger partial charge is 0.389 e. The lowest BCUT2D eigenvalue weighted by Crippen LogP contribution is -2.39. The number of carbonyl (C=O) groups excluding carboxylic acids is 1. The van der Waals surface area contributed by atoms with Crippen LogP contribution in [-0.4, -0.2) is 29.6 Å². The molecule has 4 heteroatoms. The van der Waals surface area contributed by atoms with Crippen LogP contribution in [0.5, 0.6) is 0 Å². The van der Waals surface area contributed by atoms with Gasteiger partial charge in [0, 0.05) is 24.3 Å². The van der Waals surface area contributed by atoms with E-state index >= 15 is 0 Å². The molecule has 0 bridgehead atoms. The molecule has 1 N–H and O–H groups in total. The van der Waals surface area contributed by atoms with Crippen LogP contribution < -0.4 is 4.90 Å². The van der Waals surface area contributed by atoms with Crippen molar-refractivity contribution in [2.75, 3.05) is 18.0 Å². The Kier molecular flexibility index (Phi) is 4.46. The van der Waals surface area contributed by atoms with E-state index in [-0.39, 0.29) is 5.78 Å². The topological polar surface area (TPSA) is 40.5 Å². The summed E-state index contributed by atoms with van der Waals surface area (Å²) in [5, 5.41) is 9.86. The van der Waals surface area contributed by atoms with Gasteiger partial charge in [0.2, 0.25) is 0 Å². The molecule has 1 aromatic carbocycles. The number of ketones is 1. The van der Waals surface area contributed by atoms with Gasteiger partial charge < -0.3 is 10.0 Å². The van der Waals surface area contributed by atoms with Crippen molar-refractivity contribution < 1.29 is 14.3 Å². The number of hydrogen-bond donors (Lipinski definition) is 1. The average molecular weight is 253 g/mol. The Hall–Kier alpha value is -1.42. The molecule has 0 radical (unpaired) electrons. The van der Waals surface area contributed by atoms with Crippen molar-refractivity contribution in [2.45, 2.75) is 33.3 Å². The molecule has 100 valence electrons. The number of aliphatic hydroxyl groups is 1. The number of Topliss-reactive ketones (excluding diaryl/α,β-unsaturated/α-hetero) is 1. The summed E-state index contributed by atoms with van der Waals surface area (Å²) in [6.07, 6.45) is 0. The van der Waals surface area contributed by atoms with Crippen LogP contribution in [0.3, 0.4) is 0 Å². The molecule has 0 aliphatic heterocycles. The van der Waals surface area contributed by atoms with Crippen molar-refractivity contribution in [2.24, 2.45) is 0 Å². The molecule has 0 heterocycles. The first kappa shape index (κ1) is 14.6. The molecule has 1 rings (SSSR count). The molecule has 3 nitrogen and oxygen atoms in total. The highest BCUT2D eigenvalue weighted by Gasteiger charge is 2.20. The molecule has 0 fully saturated rings. The zero-order valence-corrected chi connectivity index (χ0v) is 11.3. The highest BCUT2D eigenvalue weighted by molar-refractivity contribution is 5.99. The fourth-order valence-electron chi connectivity index (χ4n) is 1.90. The molecule has 0 spiro atoms. The molecule has 0 saturated heterocycles. The summed E-state index contributed by atoms with van der Waals surface area (Å²) < 4.78 is 13.2. The number of benzene rings is 1. The summed E-state index contributed by atoms with van der Waals surface area (Å²) in [5.74, 6) is -0.609. The Morgan fingerprint density at radius 3 is 2.50 bits per heavy atom.